The molecule has 6 rings (SSSR count). The van der Waals surface area contributed by atoms with Crippen molar-refractivity contribution < 1.29 is 25.9 Å². The Labute approximate surface area is 327 Å². The Hall–Kier alpha value is -5.18. The molecule has 0 aliphatic heterocycles. The first kappa shape index (κ1) is 38.5. The summed E-state index contributed by atoms with van der Waals surface area (Å²) in [7, 11) is -9.67. The first-order valence-electron chi connectivity index (χ1n) is 14.9. The zero-order chi connectivity index (χ0) is 38.6. The van der Waals surface area contributed by atoms with E-state index in [0.29, 0.717) is 21.4 Å². The third-order valence-corrected chi connectivity index (χ3v) is 9.62. The third kappa shape index (κ3) is 10.3. The van der Waals surface area contributed by atoms with Crippen LogP contribution >= 0.6 is 46.4 Å². The van der Waals surface area contributed by atoms with Crippen molar-refractivity contribution in [2.45, 2.75) is 9.79 Å². The summed E-state index contributed by atoms with van der Waals surface area (Å²) in [5.41, 5.74) is 1.41. The van der Waals surface area contributed by atoms with Crippen LogP contribution in [0.1, 0.15) is 11.1 Å². The van der Waals surface area contributed by atoms with Crippen LogP contribution < -0.4 is 21.3 Å². The number of hydrogen-bond donors (Lipinski definition) is 6. The highest BCUT2D eigenvalue weighted by Gasteiger charge is 2.19. The molecule has 0 radical (unpaired) electrons. The Bertz CT molecular complexity index is 2440. The minimum atomic E-state index is -4.83. The summed E-state index contributed by atoms with van der Waals surface area (Å²) in [5, 5.41) is 12.2. The van der Waals surface area contributed by atoms with Gasteiger partial charge in [-0.25, -0.2) is 0 Å². The minimum Gasteiger partial charge on any atom is -0.324 e. The molecule has 0 aliphatic rings. The van der Waals surface area contributed by atoms with Crippen LogP contribution in [-0.2, 0) is 20.2 Å². The molecular weight excluding hydrogens is 826 g/mol. The number of nitrogens with one attached hydrogen (secondary N) is 4. The van der Waals surface area contributed by atoms with Gasteiger partial charge in [-0.2, -0.15) is 46.7 Å². The highest BCUT2D eigenvalue weighted by Crippen LogP contribution is 2.29. The Balaban J connectivity index is 1.24. The fourth-order valence-electron chi connectivity index (χ4n) is 4.63. The molecule has 22 heteroatoms. The number of benzene rings is 4. The van der Waals surface area contributed by atoms with E-state index in [9.17, 15) is 25.9 Å². The first-order valence-corrected chi connectivity index (χ1v) is 19.3. The summed E-state index contributed by atoms with van der Waals surface area (Å²) in [6.07, 6.45) is 2.47. The van der Waals surface area contributed by atoms with Crippen molar-refractivity contribution in [1.29, 1.82) is 0 Å². The van der Waals surface area contributed by atoms with Crippen molar-refractivity contribution >= 4 is 125 Å². The standard InChI is InChI=1S/C32H22Cl4N10O6S2/c33-19-5-11-21(12-6-19)37-29-41-27(35)43-31(45-29)39-23-9-3-17(25(15-23)53(47,48)49)1-2-18-4-10-24(16-26(18)54(50,51)52)40-32-44-28(36)42-30(46-32)38-22-13-7-20(34)8-14-22/h1-16H,(H,47,48,49)(H,50,51,52)(H2,37,39,41,43,45)(H2,38,40,42,44,46). The van der Waals surface area contributed by atoms with E-state index in [2.05, 4.69) is 51.2 Å². The van der Waals surface area contributed by atoms with Gasteiger partial charge in [0.25, 0.3) is 20.2 Å². The van der Waals surface area contributed by atoms with E-state index >= 15 is 0 Å². The molecule has 0 unspecified atom stereocenters. The fourth-order valence-corrected chi connectivity index (χ4v) is 6.62. The SMILES string of the molecule is O=S(=O)(O)c1cc(Nc2nc(Cl)nc(Nc3ccc(Cl)cc3)n2)ccc1C=Cc1ccc(Nc2nc(Cl)nc(Nc3ccc(Cl)cc3)n2)cc1S(=O)(=O)O. The van der Waals surface area contributed by atoms with Gasteiger partial charge in [-0.05, 0) is 107 Å². The van der Waals surface area contributed by atoms with Gasteiger partial charge in [0.2, 0.25) is 34.4 Å². The van der Waals surface area contributed by atoms with Gasteiger partial charge in [0.1, 0.15) is 9.79 Å². The number of aromatic nitrogens is 6. The number of anilines is 8. The van der Waals surface area contributed by atoms with Gasteiger partial charge in [0.15, 0.2) is 0 Å². The predicted molar refractivity (Wildman–Crippen MR) is 207 cm³/mol. The maximum absolute atomic E-state index is 12.4. The van der Waals surface area contributed by atoms with Crippen molar-refractivity contribution in [3.05, 3.63) is 117 Å². The van der Waals surface area contributed by atoms with E-state index < -0.39 is 30.0 Å². The summed E-state index contributed by atoms with van der Waals surface area (Å²) in [4.78, 5) is 23.4. The second-order valence-electron chi connectivity index (χ2n) is 10.8. The second-order valence-corrected chi connectivity index (χ2v) is 15.1. The Morgan fingerprint density at radius 1 is 0.444 bits per heavy atom. The van der Waals surface area contributed by atoms with Crippen molar-refractivity contribution in [1.82, 2.24) is 29.9 Å². The molecule has 2 heterocycles. The lowest BCUT2D eigenvalue weighted by atomic mass is 10.1. The van der Waals surface area contributed by atoms with Crippen molar-refractivity contribution in [3.63, 3.8) is 0 Å². The lowest BCUT2D eigenvalue weighted by Crippen LogP contribution is -2.06. The Morgan fingerprint density at radius 2 is 0.741 bits per heavy atom. The summed E-state index contributed by atoms with van der Waals surface area (Å²) < 4.78 is 69.9. The molecule has 16 nitrogen and oxygen atoms in total. The monoisotopic (exact) mass is 846 g/mol. The van der Waals surface area contributed by atoms with E-state index in [1.807, 2.05) is 0 Å². The highest BCUT2D eigenvalue weighted by atomic mass is 35.5. The number of nitrogens with zero attached hydrogens (tertiary/aromatic N) is 6. The average molecular weight is 849 g/mol. The predicted octanol–water partition coefficient (Wildman–Crippen LogP) is 8.31. The zero-order valence-electron chi connectivity index (χ0n) is 26.8. The summed E-state index contributed by atoms with van der Waals surface area (Å²) in [6, 6.07) is 21.1. The smallest absolute Gasteiger partial charge is 0.295 e. The van der Waals surface area contributed by atoms with Gasteiger partial charge in [0.05, 0.1) is 0 Å². The van der Waals surface area contributed by atoms with Gasteiger partial charge >= 0.3 is 0 Å². The van der Waals surface area contributed by atoms with Crippen molar-refractivity contribution in [2.75, 3.05) is 21.3 Å². The molecule has 0 spiro atoms. The molecule has 54 heavy (non-hydrogen) atoms. The minimum absolute atomic E-state index is 0.0362. The Kier molecular flexibility index (Phi) is 11.5. The van der Waals surface area contributed by atoms with E-state index in [4.69, 9.17) is 46.4 Å². The third-order valence-electron chi connectivity index (χ3n) is 6.95. The summed E-state index contributed by atoms with van der Waals surface area (Å²) >= 11 is 24.0. The van der Waals surface area contributed by atoms with E-state index in [1.165, 1.54) is 36.4 Å². The van der Waals surface area contributed by atoms with E-state index in [1.54, 1.807) is 48.5 Å². The highest BCUT2D eigenvalue weighted by molar-refractivity contribution is 7.86. The largest absolute Gasteiger partial charge is 0.324 e. The average Bonchev–Trinajstić information content (AvgIpc) is 3.09. The summed E-state index contributed by atoms with van der Waals surface area (Å²) in [6.45, 7) is 0. The molecule has 0 saturated carbocycles. The number of halogens is 4. The van der Waals surface area contributed by atoms with Crippen LogP contribution in [0.4, 0.5) is 46.5 Å². The molecule has 0 saturated heterocycles. The first-order chi connectivity index (χ1) is 25.6. The van der Waals surface area contributed by atoms with E-state index in [-0.39, 0.29) is 56.9 Å². The molecule has 6 aromatic rings. The van der Waals surface area contributed by atoms with Gasteiger partial charge in [-0.1, -0.05) is 47.5 Å². The maximum atomic E-state index is 12.4. The van der Waals surface area contributed by atoms with Gasteiger partial charge in [0, 0.05) is 32.8 Å². The quantitative estimate of drug-likeness (QED) is 0.0502. The van der Waals surface area contributed by atoms with Gasteiger partial charge in [-0.15, -0.1) is 0 Å². The molecule has 0 fully saturated rings. The molecule has 0 amide bonds. The summed E-state index contributed by atoms with van der Waals surface area (Å²) in [5.74, 6) is 0.0172. The molecule has 4 aromatic carbocycles. The molecule has 6 N–H and O–H groups in total. The molecular formula is C32H22Cl4N10O6S2. The molecule has 276 valence electrons. The number of rotatable bonds is 12. The lowest BCUT2D eigenvalue weighted by molar-refractivity contribution is 0.480. The van der Waals surface area contributed by atoms with Crippen LogP contribution in [0.15, 0.2) is 94.7 Å². The zero-order valence-corrected chi connectivity index (χ0v) is 31.4. The number of hydrogen-bond acceptors (Lipinski definition) is 14. The van der Waals surface area contributed by atoms with Crippen LogP contribution in [0.5, 0.6) is 0 Å². The lowest BCUT2D eigenvalue weighted by Gasteiger charge is -2.11. The fraction of sp³-hybridized carbons (Fsp3) is 0. The van der Waals surface area contributed by atoms with Gasteiger partial charge in [-0.3, -0.25) is 9.11 Å². The maximum Gasteiger partial charge on any atom is 0.295 e. The second kappa shape index (κ2) is 16.0. The molecule has 2 aromatic heterocycles. The van der Waals surface area contributed by atoms with Crippen molar-refractivity contribution in [3.8, 4) is 0 Å². The van der Waals surface area contributed by atoms with Crippen LogP contribution in [-0.4, -0.2) is 55.8 Å². The Morgan fingerprint density at radius 3 is 1.06 bits per heavy atom. The van der Waals surface area contributed by atoms with Crippen molar-refractivity contribution in [2.24, 2.45) is 0 Å². The van der Waals surface area contributed by atoms with Crippen LogP contribution in [0.25, 0.3) is 12.2 Å². The van der Waals surface area contributed by atoms with Crippen LogP contribution in [0, 0.1) is 0 Å². The van der Waals surface area contributed by atoms with Crippen LogP contribution in [0.2, 0.25) is 20.6 Å². The van der Waals surface area contributed by atoms with Gasteiger partial charge < -0.3 is 21.3 Å². The molecule has 0 bridgehead atoms. The van der Waals surface area contributed by atoms with E-state index in [0.717, 1.165) is 12.1 Å². The molecule has 0 atom stereocenters. The topological polar surface area (TPSA) is 234 Å². The van der Waals surface area contributed by atoms with Crippen LogP contribution in [0.3, 0.4) is 0 Å². The normalized spacial score (nSPS) is 11.7. The molecule has 0 aliphatic carbocycles.